The van der Waals surface area contributed by atoms with Crippen molar-refractivity contribution < 1.29 is 9.84 Å². The van der Waals surface area contributed by atoms with Crippen molar-refractivity contribution in [1.82, 2.24) is 4.57 Å². The molecule has 130 valence electrons. The van der Waals surface area contributed by atoms with Gasteiger partial charge in [0.05, 0.1) is 23.4 Å². The van der Waals surface area contributed by atoms with Crippen LogP contribution in [0.4, 0.5) is 5.69 Å². The van der Waals surface area contributed by atoms with Crippen molar-refractivity contribution in [1.29, 1.82) is 5.26 Å². The van der Waals surface area contributed by atoms with Crippen molar-refractivity contribution in [3.8, 4) is 17.7 Å². The molecule has 1 heterocycles. The van der Waals surface area contributed by atoms with Gasteiger partial charge in [-0.2, -0.15) is 5.26 Å². The molecule has 0 saturated carbocycles. The number of nitrogens with zero attached hydrogens (tertiary/aromatic N) is 3. The summed E-state index contributed by atoms with van der Waals surface area (Å²) >= 11 is 6.07. The van der Waals surface area contributed by atoms with Gasteiger partial charge < -0.3 is 9.84 Å². The topological polar surface area (TPSA) is 87.6 Å². The van der Waals surface area contributed by atoms with Crippen LogP contribution in [0.5, 0.6) is 11.6 Å². The fourth-order valence-corrected chi connectivity index (χ4v) is 2.70. The van der Waals surface area contributed by atoms with Crippen molar-refractivity contribution in [3.05, 3.63) is 50.3 Å². The fraction of sp³-hybridized carbons (Fsp3) is 0.278. The van der Waals surface area contributed by atoms with Gasteiger partial charge in [-0.05, 0) is 44.5 Å². The van der Waals surface area contributed by atoms with Crippen LogP contribution < -0.4 is 10.3 Å². The third-order valence-electron chi connectivity index (χ3n) is 3.79. The van der Waals surface area contributed by atoms with E-state index in [1.54, 1.807) is 39.0 Å². The standard InChI is InChI=1S/C18H18ClN3O3/c1-10(2)22-17(23)13(8-20)11(3)14(18(22)24)9-21-12-5-6-16(25-4)15(19)7-12/h5-7,9-10,24H,1-4H3. The molecule has 6 nitrogen and oxygen atoms in total. The molecule has 2 aromatic rings. The summed E-state index contributed by atoms with van der Waals surface area (Å²) in [5.41, 5.74) is 0.713. The minimum absolute atomic E-state index is 0.0132. The van der Waals surface area contributed by atoms with E-state index < -0.39 is 5.56 Å². The van der Waals surface area contributed by atoms with E-state index in [4.69, 9.17) is 16.3 Å². The quantitative estimate of drug-likeness (QED) is 0.842. The van der Waals surface area contributed by atoms with Crippen LogP contribution in [0.15, 0.2) is 28.0 Å². The lowest BCUT2D eigenvalue weighted by Gasteiger charge is -2.16. The first-order valence-electron chi connectivity index (χ1n) is 7.57. The predicted octanol–water partition coefficient (Wildman–Crippen LogP) is 3.73. The number of hydrogen-bond donors (Lipinski definition) is 1. The largest absolute Gasteiger partial charge is 0.495 e. The zero-order chi connectivity index (χ0) is 18.7. The number of aromatic hydroxyl groups is 1. The van der Waals surface area contributed by atoms with Crippen molar-refractivity contribution in [3.63, 3.8) is 0 Å². The second kappa shape index (κ2) is 7.41. The van der Waals surface area contributed by atoms with Gasteiger partial charge in [-0.1, -0.05) is 11.6 Å². The predicted molar refractivity (Wildman–Crippen MR) is 97.5 cm³/mol. The molecule has 0 aliphatic carbocycles. The van der Waals surface area contributed by atoms with Gasteiger partial charge in [0, 0.05) is 12.3 Å². The summed E-state index contributed by atoms with van der Waals surface area (Å²) in [4.78, 5) is 16.6. The SMILES string of the molecule is COc1ccc(N=Cc2c(C)c(C#N)c(=O)n(C(C)C)c2O)cc1Cl. The Labute approximate surface area is 150 Å². The van der Waals surface area contributed by atoms with Crippen molar-refractivity contribution in [2.45, 2.75) is 26.8 Å². The van der Waals surface area contributed by atoms with Gasteiger partial charge in [-0.25, -0.2) is 0 Å². The molecule has 0 atom stereocenters. The maximum absolute atomic E-state index is 12.3. The van der Waals surface area contributed by atoms with E-state index in [0.717, 1.165) is 0 Å². The second-order valence-corrected chi connectivity index (χ2v) is 6.10. The number of aromatic nitrogens is 1. The molecule has 0 unspecified atom stereocenters. The van der Waals surface area contributed by atoms with Crippen LogP contribution in [0.25, 0.3) is 0 Å². The summed E-state index contributed by atoms with van der Waals surface area (Å²) in [5.74, 6) is 0.305. The molecule has 0 amide bonds. The van der Waals surface area contributed by atoms with Gasteiger partial charge in [0.2, 0.25) is 5.88 Å². The van der Waals surface area contributed by atoms with E-state index in [2.05, 4.69) is 4.99 Å². The van der Waals surface area contributed by atoms with Crippen molar-refractivity contribution in [2.75, 3.05) is 7.11 Å². The average Bonchev–Trinajstić information content (AvgIpc) is 2.54. The van der Waals surface area contributed by atoms with Gasteiger partial charge in [0.15, 0.2) is 0 Å². The molecule has 0 fully saturated rings. The number of pyridine rings is 1. The Morgan fingerprint density at radius 2 is 2.12 bits per heavy atom. The molecule has 0 aliphatic rings. The summed E-state index contributed by atoms with van der Waals surface area (Å²) in [6.07, 6.45) is 1.42. The van der Waals surface area contributed by atoms with E-state index >= 15 is 0 Å². The highest BCUT2D eigenvalue weighted by atomic mass is 35.5. The van der Waals surface area contributed by atoms with Crippen LogP contribution >= 0.6 is 11.6 Å². The first-order chi connectivity index (χ1) is 11.8. The van der Waals surface area contributed by atoms with Crippen LogP contribution in [-0.4, -0.2) is 23.0 Å². The summed E-state index contributed by atoms with van der Waals surface area (Å²) in [7, 11) is 1.52. The third kappa shape index (κ3) is 3.52. The maximum Gasteiger partial charge on any atom is 0.271 e. The Bertz CT molecular complexity index is 940. The normalized spacial score (nSPS) is 11.1. The molecule has 1 aromatic carbocycles. The lowest BCUT2D eigenvalue weighted by atomic mass is 10.1. The average molecular weight is 360 g/mol. The first-order valence-corrected chi connectivity index (χ1v) is 7.95. The highest BCUT2D eigenvalue weighted by Gasteiger charge is 2.19. The monoisotopic (exact) mass is 359 g/mol. The minimum Gasteiger partial charge on any atom is -0.495 e. The molecule has 2 rings (SSSR count). The molecule has 7 heteroatoms. The molecule has 1 aromatic heterocycles. The van der Waals surface area contributed by atoms with Gasteiger partial charge in [-0.3, -0.25) is 14.4 Å². The summed E-state index contributed by atoms with van der Waals surface area (Å²) in [6, 6.07) is 6.60. The Morgan fingerprint density at radius 1 is 1.44 bits per heavy atom. The molecular weight excluding hydrogens is 342 g/mol. The highest BCUT2D eigenvalue weighted by molar-refractivity contribution is 6.32. The number of ether oxygens (including phenoxy) is 1. The number of aliphatic imine (C=N–C) groups is 1. The number of halogens is 1. The Morgan fingerprint density at radius 3 is 2.64 bits per heavy atom. The minimum atomic E-state index is -0.517. The zero-order valence-electron chi connectivity index (χ0n) is 14.4. The van der Waals surface area contributed by atoms with Crippen molar-refractivity contribution >= 4 is 23.5 Å². The lowest BCUT2D eigenvalue weighted by Crippen LogP contribution is -2.26. The Balaban J connectivity index is 2.60. The Kier molecular flexibility index (Phi) is 5.50. The number of methoxy groups -OCH3 is 1. The van der Waals surface area contributed by atoms with Crippen LogP contribution in [0.2, 0.25) is 5.02 Å². The van der Waals surface area contributed by atoms with Gasteiger partial charge in [-0.15, -0.1) is 0 Å². The zero-order valence-corrected chi connectivity index (χ0v) is 15.1. The van der Waals surface area contributed by atoms with Crippen LogP contribution in [-0.2, 0) is 0 Å². The number of hydrogen-bond acceptors (Lipinski definition) is 5. The molecule has 0 radical (unpaired) electrons. The van der Waals surface area contributed by atoms with E-state index in [1.807, 2.05) is 6.07 Å². The molecule has 0 aliphatic heterocycles. The van der Waals surface area contributed by atoms with Gasteiger partial charge >= 0.3 is 0 Å². The number of nitriles is 1. The van der Waals surface area contributed by atoms with Crippen molar-refractivity contribution in [2.24, 2.45) is 4.99 Å². The Hall–Kier alpha value is -2.78. The molecular formula is C18H18ClN3O3. The second-order valence-electron chi connectivity index (χ2n) is 5.70. The molecule has 25 heavy (non-hydrogen) atoms. The van der Waals surface area contributed by atoms with Crippen LogP contribution in [0.3, 0.4) is 0 Å². The fourth-order valence-electron chi connectivity index (χ4n) is 2.45. The number of rotatable bonds is 4. The van der Waals surface area contributed by atoms with Crippen LogP contribution in [0.1, 0.15) is 36.6 Å². The number of benzene rings is 1. The molecule has 0 spiro atoms. The molecule has 0 bridgehead atoms. The van der Waals surface area contributed by atoms with Gasteiger partial charge in [0.1, 0.15) is 17.4 Å². The van der Waals surface area contributed by atoms with Crippen LogP contribution in [0, 0.1) is 18.3 Å². The third-order valence-corrected chi connectivity index (χ3v) is 4.08. The maximum atomic E-state index is 12.3. The van der Waals surface area contributed by atoms with E-state index in [1.165, 1.54) is 17.9 Å². The molecule has 0 saturated heterocycles. The highest BCUT2D eigenvalue weighted by Crippen LogP contribution is 2.29. The molecule has 1 N–H and O–H groups in total. The lowest BCUT2D eigenvalue weighted by molar-refractivity contribution is 0.386. The van der Waals surface area contributed by atoms with E-state index in [-0.39, 0.29) is 17.5 Å². The summed E-state index contributed by atoms with van der Waals surface area (Å²) in [6.45, 7) is 5.11. The van der Waals surface area contributed by atoms with E-state index in [0.29, 0.717) is 27.6 Å². The first kappa shape index (κ1) is 18.6. The van der Waals surface area contributed by atoms with E-state index in [9.17, 15) is 15.2 Å². The summed E-state index contributed by atoms with van der Waals surface area (Å²) in [5, 5.41) is 20.2. The van der Waals surface area contributed by atoms with Gasteiger partial charge in [0.25, 0.3) is 5.56 Å². The summed E-state index contributed by atoms with van der Waals surface area (Å²) < 4.78 is 6.26. The smallest absolute Gasteiger partial charge is 0.271 e.